The fourth-order valence-corrected chi connectivity index (χ4v) is 2.53. The Balaban J connectivity index is 1.93. The number of hydrogen-bond acceptors (Lipinski definition) is 2. The van der Waals surface area contributed by atoms with Crippen LogP contribution in [0.1, 0.15) is 32.8 Å². The Morgan fingerprint density at radius 1 is 1.22 bits per heavy atom. The summed E-state index contributed by atoms with van der Waals surface area (Å²) in [5, 5.41) is 5.65. The molecule has 0 spiro atoms. The molecule has 1 N–H and O–H groups in total. The van der Waals surface area contributed by atoms with Crippen LogP contribution in [0.25, 0.3) is 16.8 Å². The lowest BCUT2D eigenvalue weighted by atomic mass is 10.0. The Bertz CT molecular complexity index is 712. The molecule has 0 atom stereocenters. The predicted molar refractivity (Wildman–Crippen MR) is 96.8 cm³/mol. The van der Waals surface area contributed by atoms with Crippen molar-refractivity contribution in [3.05, 3.63) is 53.1 Å². The Kier molecular flexibility index (Phi) is 5.67. The summed E-state index contributed by atoms with van der Waals surface area (Å²) < 4.78 is 5.18. The number of carbonyl (C=O) groups is 1. The maximum atomic E-state index is 11.5. The second-order valence-corrected chi connectivity index (χ2v) is 6.71. The number of carbonyl (C=O) groups excluding carboxylic acids is 1. The van der Waals surface area contributed by atoms with Crippen LogP contribution in [0.2, 0.25) is 5.02 Å². The SMILES string of the molecule is CC(C)(C)OC(=O)NCCC=Cc1cccc2cccc(Cl)c12. The minimum absolute atomic E-state index is 0.390. The summed E-state index contributed by atoms with van der Waals surface area (Å²) >= 11 is 6.30. The summed E-state index contributed by atoms with van der Waals surface area (Å²) in [7, 11) is 0. The first-order chi connectivity index (χ1) is 10.9. The van der Waals surface area contributed by atoms with E-state index in [-0.39, 0.29) is 6.09 Å². The van der Waals surface area contributed by atoms with Crippen LogP contribution in [0.15, 0.2) is 42.5 Å². The van der Waals surface area contributed by atoms with Gasteiger partial charge in [-0.05, 0) is 44.2 Å². The summed E-state index contributed by atoms with van der Waals surface area (Å²) in [6, 6.07) is 12.0. The van der Waals surface area contributed by atoms with E-state index in [0.717, 1.165) is 27.8 Å². The number of nitrogens with one attached hydrogen (secondary N) is 1. The van der Waals surface area contributed by atoms with Gasteiger partial charge in [-0.1, -0.05) is 54.1 Å². The van der Waals surface area contributed by atoms with E-state index < -0.39 is 5.60 Å². The predicted octanol–water partition coefficient (Wildman–Crippen LogP) is 5.42. The fourth-order valence-electron chi connectivity index (χ4n) is 2.24. The molecule has 3 nitrogen and oxygen atoms in total. The lowest BCUT2D eigenvalue weighted by molar-refractivity contribution is 0.0529. The summed E-state index contributed by atoms with van der Waals surface area (Å²) in [5.74, 6) is 0. The number of ether oxygens (including phenoxy) is 1. The summed E-state index contributed by atoms with van der Waals surface area (Å²) in [6.45, 7) is 6.06. The zero-order valence-electron chi connectivity index (χ0n) is 13.7. The molecule has 1 amide bonds. The van der Waals surface area contributed by atoms with Crippen LogP contribution in [-0.4, -0.2) is 18.2 Å². The molecule has 2 aromatic carbocycles. The van der Waals surface area contributed by atoms with Gasteiger partial charge in [-0.2, -0.15) is 0 Å². The first kappa shape index (κ1) is 17.4. The molecule has 0 heterocycles. The highest BCUT2D eigenvalue weighted by Crippen LogP contribution is 2.27. The third-order valence-corrected chi connectivity index (χ3v) is 3.48. The molecule has 0 aromatic heterocycles. The number of halogens is 1. The summed E-state index contributed by atoms with van der Waals surface area (Å²) in [5.41, 5.74) is 0.602. The topological polar surface area (TPSA) is 38.3 Å². The molecule has 0 unspecified atom stereocenters. The van der Waals surface area contributed by atoms with Crippen molar-refractivity contribution in [1.82, 2.24) is 5.32 Å². The van der Waals surface area contributed by atoms with Crippen LogP contribution in [0, 0.1) is 0 Å². The van der Waals surface area contributed by atoms with Crippen molar-refractivity contribution in [3.8, 4) is 0 Å². The van der Waals surface area contributed by atoms with Gasteiger partial charge >= 0.3 is 6.09 Å². The van der Waals surface area contributed by atoms with Crippen LogP contribution >= 0.6 is 11.6 Å². The van der Waals surface area contributed by atoms with E-state index in [4.69, 9.17) is 16.3 Å². The molecule has 122 valence electrons. The van der Waals surface area contributed by atoms with Gasteiger partial charge in [0.2, 0.25) is 0 Å². The maximum Gasteiger partial charge on any atom is 0.407 e. The van der Waals surface area contributed by atoms with Crippen molar-refractivity contribution in [2.45, 2.75) is 32.8 Å². The Morgan fingerprint density at radius 2 is 1.91 bits per heavy atom. The average molecular weight is 332 g/mol. The van der Waals surface area contributed by atoms with Gasteiger partial charge in [0.1, 0.15) is 5.60 Å². The van der Waals surface area contributed by atoms with Gasteiger partial charge in [0.05, 0.1) is 0 Å². The van der Waals surface area contributed by atoms with Gasteiger partial charge in [0.15, 0.2) is 0 Å². The molecule has 0 saturated heterocycles. The minimum Gasteiger partial charge on any atom is -0.444 e. The molecular weight excluding hydrogens is 310 g/mol. The number of amides is 1. The first-order valence-electron chi connectivity index (χ1n) is 7.67. The zero-order valence-corrected chi connectivity index (χ0v) is 14.5. The second kappa shape index (κ2) is 7.51. The molecule has 0 bridgehead atoms. The van der Waals surface area contributed by atoms with Gasteiger partial charge in [0.25, 0.3) is 0 Å². The van der Waals surface area contributed by atoms with Crippen molar-refractivity contribution in [2.24, 2.45) is 0 Å². The first-order valence-corrected chi connectivity index (χ1v) is 8.05. The number of fused-ring (bicyclic) bond motifs is 1. The number of alkyl carbamates (subject to hydrolysis) is 1. The van der Waals surface area contributed by atoms with Gasteiger partial charge in [0, 0.05) is 17.0 Å². The standard InChI is InChI=1S/C19H22ClNO2/c1-19(2,3)23-18(22)21-13-5-4-8-14-9-6-10-15-11-7-12-16(20)17(14)15/h4,6-12H,5,13H2,1-3H3,(H,21,22). The molecule has 0 saturated carbocycles. The molecule has 2 rings (SSSR count). The monoisotopic (exact) mass is 331 g/mol. The highest BCUT2D eigenvalue weighted by Gasteiger charge is 2.15. The van der Waals surface area contributed by atoms with Gasteiger partial charge < -0.3 is 10.1 Å². The Labute approximate surface area is 142 Å². The molecule has 0 fully saturated rings. The third-order valence-electron chi connectivity index (χ3n) is 3.16. The second-order valence-electron chi connectivity index (χ2n) is 6.30. The number of rotatable bonds is 4. The van der Waals surface area contributed by atoms with Crippen LogP contribution < -0.4 is 5.32 Å². The zero-order chi connectivity index (χ0) is 16.9. The molecule has 0 aliphatic heterocycles. The van der Waals surface area contributed by atoms with E-state index in [2.05, 4.69) is 5.32 Å². The highest BCUT2D eigenvalue weighted by atomic mass is 35.5. The van der Waals surface area contributed by atoms with Crippen LogP contribution in [0.5, 0.6) is 0 Å². The highest BCUT2D eigenvalue weighted by molar-refractivity contribution is 6.36. The molecule has 23 heavy (non-hydrogen) atoms. The van der Waals surface area contributed by atoms with Gasteiger partial charge in [-0.15, -0.1) is 0 Å². The van der Waals surface area contributed by atoms with Crippen molar-refractivity contribution in [1.29, 1.82) is 0 Å². The van der Waals surface area contributed by atoms with Crippen molar-refractivity contribution >= 4 is 34.5 Å². The van der Waals surface area contributed by atoms with E-state index in [1.54, 1.807) is 0 Å². The van der Waals surface area contributed by atoms with Crippen LogP contribution in [-0.2, 0) is 4.74 Å². The van der Waals surface area contributed by atoms with Crippen LogP contribution in [0.4, 0.5) is 4.79 Å². The molecular formula is C19H22ClNO2. The van der Waals surface area contributed by atoms with Crippen molar-refractivity contribution in [2.75, 3.05) is 6.54 Å². The fraction of sp³-hybridized carbons (Fsp3) is 0.316. The number of hydrogen-bond donors (Lipinski definition) is 1. The summed E-state index contributed by atoms with van der Waals surface area (Å²) in [6.07, 6.45) is 4.39. The lowest BCUT2D eigenvalue weighted by Crippen LogP contribution is -2.32. The van der Waals surface area contributed by atoms with E-state index in [1.807, 2.05) is 69.3 Å². The molecule has 2 aromatic rings. The van der Waals surface area contributed by atoms with Crippen LogP contribution in [0.3, 0.4) is 0 Å². The minimum atomic E-state index is -0.473. The lowest BCUT2D eigenvalue weighted by Gasteiger charge is -2.19. The molecule has 0 aliphatic rings. The molecule has 0 radical (unpaired) electrons. The van der Waals surface area contributed by atoms with Crippen molar-refractivity contribution in [3.63, 3.8) is 0 Å². The van der Waals surface area contributed by atoms with E-state index >= 15 is 0 Å². The average Bonchev–Trinajstić information content (AvgIpc) is 2.45. The Hall–Kier alpha value is -2.00. The van der Waals surface area contributed by atoms with Crippen molar-refractivity contribution < 1.29 is 9.53 Å². The Morgan fingerprint density at radius 3 is 2.61 bits per heavy atom. The molecule has 0 aliphatic carbocycles. The number of benzene rings is 2. The smallest absolute Gasteiger partial charge is 0.407 e. The van der Waals surface area contributed by atoms with Gasteiger partial charge in [-0.25, -0.2) is 4.79 Å². The van der Waals surface area contributed by atoms with E-state index in [1.165, 1.54) is 0 Å². The third kappa shape index (κ3) is 5.29. The maximum absolute atomic E-state index is 11.5. The largest absolute Gasteiger partial charge is 0.444 e. The van der Waals surface area contributed by atoms with E-state index in [9.17, 15) is 4.79 Å². The summed E-state index contributed by atoms with van der Waals surface area (Å²) in [4.78, 5) is 11.5. The quantitative estimate of drug-likeness (QED) is 0.759. The normalized spacial score (nSPS) is 11.8. The molecule has 4 heteroatoms. The van der Waals surface area contributed by atoms with E-state index in [0.29, 0.717) is 6.54 Å². The van der Waals surface area contributed by atoms with Gasteiger partial charge in [-0.3, -0.25) is 0 Å².